The molecule has 2 saturated heterocycles. The number of aliphatic hydroxyl groups excluding tert-OH is 4. The van der Waals surface area contributed by atoms with E-state index >= 15 is 0 Å². The Bertz CT molecular complexity index is 1020. The van der Waals surface area contributed by atoms with Gasteiger partial charge in [-0.25, -0.2) is 0 Å². The summed E-state index contributed by atoms with van der Waals surface area (Å²) in [6.07, 6.45) is -11.1. The first-order chi connectivity index (χ1) is 22.1. The van der Waals surface area contributed by atoms with E-state index in [1.165, 1.54) is 0 Å². The second-order valence-electron chi connectivity index (χ2n) is 12.7. The third kappa shape index (κ3) is 11.3. The van der Waals surface area contributed by atoms with Gasteiger partial charge in [0.2, 0.25) is 12.1 Å². The van der Waals surface area contributed by atoms with Crippen LogP contribution in [0.25, 0.3) is 0 Å². The number of carbonyl (C=O) groups is 4. The van der Waals surface area contributed by atoms with Gasteiger partial charge >= 0.3 is 23.9 Å². The van der Waals surface area contributed by atoms with Gasteiger partial charge in [-0.3, -0.25) is 19.2 Å². The summed E-state index contributed by atoms with van der Waals surface area (Å²) in [6.45, 7) is 9.98. The zero-order chi connectivity index (χ0) is 35.5. The fourth-order valence-corrected chi connectivity index (χ4v) is 5.06. The van der Waals surface area contributed by atoms with Crippen LogP contribution in [0.15, 0.2) is 0 Å². The van der Waals surface area contributed by atoms with Gasteiger partial charge in [0, 0.05) is 26.2 Å². The molecule has 0 bridgehead atoms. The lowest BCUT2D eigenvalue weighted by molar-refractivity contribution is -0.384. The van der Waals surface area contributed by atoms with E-state index in [4.69, 9.17) is 33.2 Å². The number of hydrogen-bond acceptors (Lipinski definition) is 15. The SMILES string of the molecule is CC[C@H](C)CC(=O)O[C@@H]1[C@@H](OC(=O)C[C@@H](C)CC)[C@@H](O[C@]2(CO)O[C@H](CO)[C@@H](O)[C@@H]2O)O[C@H](COC(C)=O)[C@H]1OC(=O)C[C@@H](C)CC. The molecule has 0 radical (unpaired) electrons. The number of rotatable bonds is 18. The van der Waals surface area contributed by atoms with Crippen molar-refractivity contribution >= 4 is 23.9 Å². The van der Waals surface area contributed by atoms with Crippen molar-refractivity contribution in [3.05, 3.63) is 0 Å². The van der Waals surface area contributed by atoms with Gasteiger partial charge in [0.15, 0.2) is 18.3 Å². The van der Waals surface area contributed by atoms with Crippen LogP contribution in [0.2, 0.25) is 0 Å². The van der Waals surface area contributed by atoms with E-state index < -0.39 is 98.5 Å². The molecule has 15 nitrogen and oxygen atoms in total. The summed E-state index contributed by atoms with van der Waals surface area (Å²) < 4.78 is 40.4. The second-order valence-corrected chi connectivity index (χ2v) is 12.7. The van der Waals surface area contributed by atoms with Crippen molar-refractivity contribution < 1.29 is 72.8 Å². The molecule has 2 aliphatic rings. The predicted molar refractivity (Wildman–Crippen MR) is 162 cm³/mol. The van der Waals surface area contributed by atoms with Crippen LogP contribution in [-0.2, 0) is 52.3 Å². The van der Waals surface area contributed by atoms with Crippen molar-refractivity contribution in [2.45, 2.75) is 142 Å². The molecule has 15 heteroatoms. The summed E-state index contributed by atoms with van der Waals surface area (Å²) in [4.78, 5) is 51.5. The molecule has 0 aromatic rings. The van der Waals surface area contributed by atoms with Crippen LogP contribution in [0.1, 0.15) is 87.0 Å². The zero-order valence-electron chi connectivity index (χ0n) is 28.5. The molecule has 2 fully saturated rings. The van der Waals surface area contributed by atoms with Crippen LogP contribution < -0.4 is 0 Å². The first kappa shape index (κ1) is 40.8. The van der Waals surface area contributed by atoms with Crippen LogP contribution >= 0.6 is 0 Å². The Labute approximate surface area is 276 Å². The molecule has 0 amide bonds. The molecule has 2 aliphatic heterocycles. The largest absolute Gasteiger partial charge is 0.463 e. The molecule has 272 valence electrons. The molecule has 2 heterocycles. The first-order valence-electron chi connectivity index (χ1n) is 16.5. The number of aliphatic hydroxyl groups is 4. The van der Waals surface area contributed by atoms with E-state index in [1.54, 1.807) is 0 Å². The summed E-state index contributed by atoms with van der Waals surface area (Å²) in [5.41, 5.74) is 0. The molecule has 0 aliphatic carbocycles. The number of carbonyl (C=O) groups excluding carboxylic acids is 4. The van der Waals surface area contributed by atoms with Gasteiger partial charge in [-0.1, -0.05) is 60.8 Å². The Morgan fingerprint density at radius 2 is 1.21 bits per heavy atom. The fourth-order valence-electron chi connectivity index (χ4n) is 5.06. The van der Waals surface area contributed by atoms with E-state index in [0.29, 0.717) is 19.3 Å². The van der Waals surface area contributed by atoms with Gasteiger partial charge in [0.25, 0.3) is 0 Å². The highest BCUT2D eigenvalue weighted by molar-refractivity contribution is 5.72. The highest BCUT2D eigenvalue weighted by Crippen LogP contribution is 2.38. The van der Waals surface area contributed by atoms with E-state index in [1.807, 2.05) is 41.5 Å². The Morgan fingerprint density at radius 1 is 0.745 bits per heavy atom. The van der Waals surface area contributed by atoms with Gasteiger partial charge in [-0.05, 0) is 17.8 Å². The van der Waals surface area contributed by atoms with Gasteiger partial charge in [0.1, 0.15) is 37.6 Å². The van der Waals surface area contributed by atoms with Crippen LogP contribution in [-0.4, -0.2) is 119 Å². The highest BCUT2D eigenvalue weighted by atomic mass is 16.8. The number of hydrogen-bond donors (Lipinski definition) is 4. The third-order valence-corrected chi connectivity index (χ3v) is 8.70. The zero-order valence-corrected chi connectivity index (χ0v) is 28.5. The van der Waals surface area contributed by atoms with Gasteiger partial charge < -0.3 is 53.6 Å². The normalized spacial score (nSPS) is 32.6. The minimum atomic E-state index is -2.41. The molecule has 0 aromatic heterocycles. The van der Waals surface area contributed by atoms with Crippen molar-refractivity contribution in [2.75, 3.05) is 19.8 Å². The van der Waals surface area contributed by atoms with Crippen molar-refractivity contribution in [1.82, 2.24) is 0 Å². The molecule has 0 saturated carbocycles. The molecule has 0 aromatic carbocycles. The van der Waals surface area contributed by atoms with Crippen LogP contribution in [0.4, 0.5) is 0 Å². The van der Waals surface area contributed by atoms with Crippen molar-refractivity contribution in [3.8, 4) is 0 Å². The summed E-state index contributed by atoms with van der Waals surface area (Å²) in [6, 6.07) is 0. The van der Waals surface area contributed by atoms with E-state index in [9.17, 15) is 39.6 Å². The number of esters is 4. The monoisotopic (exact) mass is 678 g/mol. The van der Waals surface area contributed by atoms with Gasteiger partial charge in [-0.2, -0.15) is 0 Å². The van der Waals surface area contributed by atoms with Gasteiger partial charge in [0.05, 0.1) is 6.61 Å². The molecule has 0 unspecified atom stereocenters. The van der Waals surface area contributed by atoms with Gasteiger partial charge in [-0.15, -0.1) is 0 Å². The maximum absolute atomic E-state index is 13.3. The Balaban J connectivity index is 2.67. The summed E-state index contributed by atoms with van der Waals surface area (Å²) in [7, 11) is 0. The third-order valence-electron chi connectivity index (χ3n) is 8.70. The van der Waals surface area contributed by atoms with Crippen LogP contribution in [0.3, 0.4) is 0 Å². The van der Waals surface area contributed by atoms with Crippen LogP contribution in [0, 0.1) is 17.8 Å². The minimum absolute atomic E-state index is 0.00664. The van der Waals surface area contributed by atoms with Crippen molar-refractivity contribution in [1.29, 1.82) is 0 Å². The Hall–Kier alpha value is -2.40. The first-order valence-corrected chi connectivity index (χ1v) is 16.5. The summed E-state index contributed by atoms with van der Waals surface area (Å²) in [5.74, 6) is -5.53. The second kappa shape index (κ2) is 19.0. The van der Waals surface area contributed by atoms with E-state index in [2.05, 4.69) is 0 Å². The quantitative estimate of drug-likeness (QED) is 0.118. The molecule has 2 rings (SSSR count). The standard InChI is InChI=1S/C32H54O15/c1-8-17(4)11-23(36)43-27-22(15-41-20(7)35)42-31(47-32(16-34)30(40)26(39)21(14-33)46-32)29(45-25(38)13-19(6)10-3)28(27)44-24(37)12-18(5)9-2/h17-19,21-22,26-31,33-34,39-40H,8-16H2,1-7H3/t17-,18-,19-,21+,22+,26+,27+,28-,29+,30-,31+,32-/m0/s1. The molecule has 4 N–H and O–H groups in total. The Kier molecular flexibility index (Phi) is 16.4. The van der Waals surface area contributed by atoms with Crippen molar-refractivity contribution in [3.63, 3.8) is 0 Å². The van der Waals surface area contributed by atoms with Crippen molar-refractivity contribution in [2.24, 2.45) is 17.8 Å². The highest BCUT2D eigenvalue weighted by Gasteiger charge is 2.60. The molecular weight excluding hydrogens is 624 g/mol. The lowest BCUT2D eigenvalue weighted by Crippen LogP contribution is -2.65. The number of ether oxygens (including phenoxy) is 7. The lowest BCUT2D eigenvalue weighted by Gasteiger charge is -2.46. The molecular formula is C32H54O15. The average molecular weight is 679 g/mol. The van der Waals surface area contributed by atoms with E-state index in [-0.39, 0.29) is 37.0 Å². The summed E-state index contributed by atoms with van der Waals surface area (Å²) >= 11 is 0. The lowest BCUT2D eigenvalue weighted by atomic mass is 9.96. The maximum atomic E-state index is 13.3. The fraction of sp³-hybridized carbons (Fsp3) is 0.875. The molecule has 12 atom stereocenters. The minimum Gasteiger partial charge on any atom is -0.463 e. The molecule has 47 heavy (non-hydrogen) atoms. The average Bonchev–Trinajstić information content (AvgIpc) is 3.27. The summed E-state index contributed by atoms with van der Waals surface area (Å²) in [5, 5.41) is 41.3. The van der Waals surface area contributed by atoms with Crippen LogP contribution in [0.5, 0.6) is 0 Å². The predicted octanol–water partition coefficient (Wildman–Crippen LogP) is 1.14. The smallest absolute Gasteiger partial charge is 0.306 e. The maximum Gasteiger partial charge on any atom is 0.306 e. The molecule has 0 spiro atoms. The van der Waals surface area contributed by atoms with E-state index in [0.717, 1.165) is 6.92 Å². The Morgan fingerprint density at radius 3 is 1.62 bits per heavy atom. The topological polar surface area (TPSA) is 214 Å².